The average Bonchev–Trinajstić information content (AvgIpc) is 2.95. The Balaban J connectivity index is 1.54. The predicted molar refractivity (Wildman–Crippen MR) is 128 cm³/mol. The number of likely N-dealkylation sites (N-methyl/N-ethyl adjacent to an activating group) is 1. The topological polar surface area (TPSA) is 15.6 Å². The van der Waals surface area contributed by atoms with Gasteiger partial charge in [0.2, 0.25) is 0 Å². The number of anilines is 1. The van der Waals surface area contributed by atoms with E-state index < -0.39 is 11.7 Å². The van der Waals surface area contributed by atoms with Crippen molar-refractivity contribution in [2.24, 2.45) is 4.99 Å². The van der Waals surface area contributed by atoms with Crippen molar-refractivity contribution in [1.82, 2.24) is 0 Å². The number of para-hydroxylation sites is 1. The van der Waals surface area contributed by atoms with Gasteiger partial charge in [0.1, 0.15) is 0 Å². The van der Waals surface area contributed by atoms with Crippen LogP contribution in [0.1, 0.15) is 22.3 Å². The molecule has 0 amide bonds. The third-order valence-corrected chi connectivity index (χ3v) is 6.46. The first-order valence-corrected chi connectivity index (χ1v) is 11.3. The highest BCUT2D eigenvalue weighted by Crippen LogP contribution is 2.32. The Morgan fingerprint density at radius 3 is 2.59 bits per heavy atom. The molecule has 0 aliphatic carbocycles. The van der Waals surface area contributed by atoms with Crippen LogP contribution in [0.15, 0.2) is 88.8 Å². The molecule has 3 aromatic carbocycles. The lowest BCUT2D eigenvalue weighted by atomic mass is 10.1. The minimum absolute atomic E-state index is 0.462. The second-order valence-electron chi connectivity index (χ2n) is 7.56. The lowest BCUT2D eigenvalue weighted by molar-refractivity contribution is -0.137. The van der Waals surface area contributed by atoms with Gasteiger partial charge in [-0.1, -0.05) is 60.7 Å². The Hall–Kier alpha value is -2.99. The van der Waals surface area contributed by atoms with Gasteiger partial charge in [0.25, 0.3) is 0 Å². The quantitative estimate of drug-likeness (QED) is 0.389. The van der Waals surface area contributed by atoms with E-state index in [4.69, 9.17) is 4.99 Å². The van der Waals surface area contributed by atoms with Crippen LogP contribution >= 0.6 is 11.8 Å². The zero-order valence-electron chi connectivity index (χ0n) is 17.6. The van der Waals surface area contributed by atoms with E-state index in [0.717, 1.165) is 46.6 Å². The van der Waals surface area contributed by atoms with E-state index in [1.165, 1.54) is 23.9 Å². The first-order valence-electron chi connectivity index (χ1n) is 10.3. The van der Waals surface area contributed by atoms with Crippen molar-refractivity contribution in [3.8, 4) is 0 Å². The van der Waals surface area contributed by atoms with Gasteiger partial charge in [-0.25, -0.2) is 0 Å². The maximum Gasteiger partial charge on any atom is 0.416 e. The summed E-state index contributed by atoms with van der Waals surface area (Å²) in [5.41, 5.74) is 4.23. The van der Waals surface area contributed by atoms with E-state index in [9.17, 15) is 13.2 Å². The molecule has 0 bridgehead atoms. The average molecular weight is 453 g/mol. The van der Waals surface area contributed by atoms with Gasteiger partial charge in [0.15, 0.2) is 0 Å². The molecular weight excluding hydrogens is 429 g/mol. The van der Waals surface area contributed by atoms with Gasteiger partial charge in [0.05, 0.1) is 17.8 Å². The maximum atomic E-state index is 13.0. The van der Waals surface area contributed by atoms with E-state index in [2.05, 4.69) is 24.1 Å². The lowest BCUT2D eigenvalue weighted by Gasteiger charge is -2.18. The number of rotatable bonds is 5. The number of alkyl halides is 3. The summed E-state index contributed by atoms with van der Waals surface area (Å²) < 4.78 is 39.0. The third-order valence-electron chi connectivity index (χ3n) is 5.30. The number of aliphatic imine (C=N–C) groups is 1. The molecule has 0 radical (unpaired) electrons. The summed E-state index contributed by atoms with van der Waals surface area (Å²) in [5, 5.41) is 0. The van der Waals surface area contributed by atoms with Crippen molar-refractivity contribution in [3.05, 3.63) is 101 Å². The Bertz CT molecular complexity index is 1150. The molecule has 1 aliphatic rings. The number of hydrogen-bond donors (Lipinski definition) is 0. The molecular formula is C26H23F3N2S. The molecule has 0 saturated heterocycles. The monoisotopic (exact) mass is 452 g/mol. The smallest absolute Gasteiger partial charge is 0.372 e. The van der Waals surface area contributed by atoms with Crippen molar-refractivity contribution in [2.75, 3.05) is 25.0 Å². The molecule has 0 saturated carbocycles. The van der Waals surface area contributed by atoms with E-state index in [-0.39, 0.29) is 0 Å². The van der Waals surface area contributed by atoms with Crippen molar-refractivity contribution in [3.63, 3.8) is 0 Å². The van der Waals surface area contributed by atoms with Gasteiger partial charge in [-0.05, 0) is 35.4 Å². The van der Waals surface area contributed by atoms with Crippen LogP contribution in [0, 0.1) is 0 Å². The van der Waals surface area contributed by atoms with Crippen LogP contribution in [0.3, 0.4) is 0 Å². The molecule has 0 spiro atoms. The van der Waals surface area contributed by atoms with Crippen molar-refractivity contribution in [1.29, 1.82) is 0 Å². The number of fused-ring (bicyclic) bond motifs is 1. The molecule has 1 aliphatic heterocycles. The van der Waals surface area contributed by atoms with Gasteiger partial charge < -0.3 is 4.90 Å². The summed E-state index contributed by atoms with van der Waals surface area (Å²) in [7, 11) is 2.07. The highest BCUT2D eigenvalue weighted by molar-refractivity contribution is 7.98. The second-order valence-corrected chi connectivity index (χ2v) is 8.58. The molecule has 0 fully saturated rings. The van der Waals surface area contributed by atoms with Crippen LogP contribution < -0.4 is 4.90 Å². The summed E-state index contributed by atoms with van der Waals surface area (Å²) in [6.07, 6.45) is -0.262. The Morgan fingerprint density at radius 1 is 0.969 bits per heavy atom. The van der Waals surface area contributed by atoms with E-state index in [1.807, 2.05) is 48.6 Å². The summed E-state index contributed by atoms with van der Waals surface area (Å²) in [4.78, 5) is 7.98. The van der Waals surface area contributed by atoms with E-state index >= 15 is 0 Å². The molecule has 164 valence electrons. The number of benzene rings is 3. The summed E-state index contributed by atoms with van der Waals surface area (Å²) in [6.45, 7) is 1.58. The first kappa shape index (κ1) is 22.2. The molecule has 0 unspecified atom stereocenters. The Kier molecular flexibility index (Phi) is 6.70. The summed E-state index contributed by atoms with van der Waals surface area (Å²) in [5.74, 6) is 0.462. The summed E-state index contributed by atoms with van der Waals surface area (Å²) in [6, 6.07) is 21.7. The van der Waals surface area contributed by atoms with Crippen molar-refractivity contribution < 1.29 is 13.2 Å². The van der Waals surface area contributed by atoms with Crippen LogP contribution in [-0.4, -0.2) is 25.8 Å². The first-order chi connectivity index (χ1) is 15.4. The SMILES string of the molecule is CN1CCN=C(/C=C/c2ccccc2SCc2cccc(C(F)(F)F)c2)c2ccccc21. The molecule has 3 aromatic rings. The minimum Gasteiger partial charge on any atom is -0.372 e. The molecule has 1 heterocycles. The number of thioether (sulfide) groups is 1. The predicted octanol–water partition coefficient (Wildman–Crippen LogP) is 6.95. The molecule has 6 heteroatoms. The molecule has 2 nitrogen and oxygen atoms in total. The van der Waals surface area contributed by atoms with E-state index in [0.29, 0.717) is 11.3 Å². The fraction of sp³-hybridized carbons (Fsp3) is 0.192. The van der Waals surface area contributed by atoms with Gasteiger partial charge in [-0.15, -0.1) is 11.8 Å². The van der Waals surface area contributed by atoms with Gasteiger partial charge in [0, 0.05) is 35.5 Å². The number of halogens is 3. The molecule has 4 rings (SSSR count). The Morgan fingerprint density at radius 2 is 1.75 bits per heavy atom. The van der Waals surface area contributed by atoms with Gasteiger partial charge in [-0.3, -0.25) is 4.99 Å². The fourth-order valence-corrected chi connectivity index (χ4v) is 4.59. The number of allylic oxidation sites excluding steroid dienone is 1. The highest BCUT2D eigenvalue weighted by Gasteiger charge is 2.30. The minimum atomic E-state index is -4.33. The fourth-order valence-electron chi connectivity index (χ4n) is 3.61. The van der Waals surface area contributed by atoms with Crippen molar-refractivity contribution >= 4 is 29.2 Å². The normalized spacial score (nSPS) is 14.2. The van der Waals surface area contributed by atoms with Crippen LogP contribution in [0.25, 0.3) is 6.08 Å². The number of hydrogen-bond acceptors (Lipinski definition) is 3. The molecule has 32 heavy (non-hydrogen) atoms. The Labute approximate surface area is 190 Å². The van der Waals surface area contributed by atoms with Crippen LogP contribution in [0.5, 0.6) is 0 Å². The van der Waals surface area contributed by atoms with Gasteiger partial charge >= 0.3 is 6.18 Å². The van der Waals surface area contributed by atoms with Gasteiger partial charge in [-0.2, -0.15) is 13.2 Å². The molecule has 0 atom stereocenters. The standard InChI is InChI=1S/C26H23F3N2S/c1-31-16-15-30-23(22-10-3-4-11-24(22)31)14-13-20-8-2-5-12-25(20)32-18-19-7-6-9-21(17-19)26(27,28)29/h2-14,17H,15-16,18H2,1H3/b14-13+. The summed E-state index contributed by atoms with van der Waals surface area (Å²) >= 11 is 1.53. The van der Waals surface area contributed by atoms with Crippen LogP contribution in [0.4, 0.5) is 18.9 Å². The molecule has 0 N–H and O–H groups in total. The zero-order chi connectivity index (χ0) is 22.6. The van der Waals surface area contributed by atoms with E-state index in [1.54, 1.807) is 6.07 Å². The van der Waals surface area contributed by atoms with Crippen LogP contribution in [-0.2, 0) is 11.9 Å². The highest BCUT2D eigenvalue weighted by atomic mass is 32.2. The maximum absolute atomic E-state index is 13.0. The lowest BCUT2D eigenvalue weighted by Crippen LogP contribution is -2.20. The second kappa shape index (κ2) is 9.65. The van der Waals surface area contributed by atoms with Crippen LogP contribution in [0.2, 0.25) is 0 Å². The number of benzodiazepines with no additional fused rings is 1. The third kappa shape index (κ3) is 5.25. The zero-order valence-corrected chi connectivity index (χ0v) is 18.5. The molecule has 0 aromatic heterocycles. The van der Waals surface area contributed by atoms with Crippen molar-refractivity contribution in [2.45, 2.75) is 16.8 Å². The largest absolute Gasteiger partial charge is 0.416 e. The number of nitrogens with zero attached hydrogens (tertiary/aromatic N) is 2.